The van der Waals surface area contributed by atoms with Crippen LogP contribution in [0.3, 0.4) is 0 Å². The molecule has 0 bridgehead atoms. The molecule has 0 saturated carbocycles. The molecule has 0 radical (unpaired) electrons. The molecular formula is C9H9ClN2O. The fourth-order valence-corrected chi connectivity index (χ4v) is 1.22. The lowest BCUT2D eigenvalue weighted by atomic mass is 10.1. The normalized spacial score (nSPS) is 11.8. The molecule has 3 nitrogen and oxygen atoms in total. The van der Waals surface area contributed by atoms with Crippen LogP contribution in [0.5, 0.6) is 5.75 Å². The van der Waals surface area contributed by atoms with E-state index in [0.717, 1.165) is 0 Å². The van der Waals surface area contributed by atoms with Crippen LogP contribution in [0.1, 0.15) is 11.6 Å². The molecule has 68 valence electrons. The van der Waals surface area contributed by atoms with Gasteiger partial charge in [-0.25, -0.2) is 0 Å². The zero-order chi connectivity index (χ0) is 9.68. The number of halogens is 1. The third-order valence-electron chi connectivity index (χ3n) is 1.66. The molecule has 0 saturated heterocycles. The zero-order valence-corrected chi connectivity index (χ0v) is 7.95. The second kappa shape index (κ2) is 4.68. The monoisotopic (exact) mass is 196 g/mol. The Bertz CT molecular complexity index is 322. The molecule has 1 unspecified atom stereocenters. The first kappa shape index (κ1) is 9.82. The predicted octanol–water partition coefficient (Wildman–Crippen LogP) is 1.94. The number of ether oxygens (including phenoxy) is 1. The van der Waals surface area contributed by atoms with Gasteiger partial charge in [0.25, 0.3) is 0 Å². The Hall–Kier alpha value is -1.27. The maximum atomic E-state index is 8.77. The van der Waals surface area contributed by atoms with Crippen molar-refractivity contribution < 1.29 is 4.74 Å². The molecule has 1 aromatic rings. The average Bonchev–Trinajstić information content (AvgIpc) is 2.20. The summed E-state index contributed by atoms with van der Waals surface area (Å²) in [6.45, 7) is 0. The average molecular weight is 197 g/mol. The van der Waals surface area contributed by atoms with E-state index in [-0.39, 0.29) is 5.88 Å². The van der Waals surface area contributed by atoms with Crippen LogP contribution in [0, 0.1) is 11.3 Å². The second-order valence-corrected chi connectivity index (χ2v) is 2.74. The van der Waals surface area contributed by atoms with Gasteiger partial charge in [0.2, 0.25) is 0 Å². The highest BCUT2D eigenvalue weighted by Gasteiger charge is 2.15. The number of hydrogen-bond donors (Lipinski definition) is 0. The Morgan fingerprint density at radius 2 is 2.54 bits per heavy atom. The van der Waals surface area contributed by atoms with Crippen LogP contribution in [0.2, 0.25) is 0 Å². The Morgan fingerprint density at radius 1 is 1.77 bits per heavy atom. The summed E-state index contributed by atoms with van der Waals surface area (Å²) in [4.78, 5) is 4.06. The smallest absolute Gasteiger partial charge is 0.141 e. The highest BCUT2D eigenvalue weighted by molar-refractivity contribution is 6.18. The van der Waals surface area contributed by atoms with Crippen molar-refractivity contribution in [2.75, 3.05) is 13.0 Å². The second-order valence-electron chi connectivity index (χ2n) is 2.43. The number of hydrogen-bond acceptors (Lipinski definition) is 3. The first-order chi connectivity index (χ1) is 6.33. The van der Waals surface area contributed by atoms with Crippen LogP contribution in [0.25, 0.3) is 0 Å². The minimum absolute atomic E-state index is 0.226. The number of pyridine rings is 1. The van der Waals surface area contributed by atoms with Gasteiger partial charge in [-0.2, -0.15) is 5.26 Å². The van der Waals surface area contributed by atoms with E-state index < -0.39 is 5.92 Å². The molecule has 0 aliphatic heterocycles. The van der Waals surface area contributed by atoms with Crippen LogP contribution in [-0.2, 0) is 0 Å². The maximum absolute atomic E-state index is 8.77. The van der Waals surface area contributed by atoms with Gasteiger partial charge in [-0.1, -0.05) is 0 Å². The van der Waals surface area contributed by atoms with E-state index in [0.29, 0.717) is 11.4 Å². The first-order valence-electron chi connectivity index (χ1n) is 3.78. The Kier molecular flexibility index (Phi) is 3.53. The Morgan fingerprint density at radius 3 is 3.08 bits per heavy atom. The summed E-state index contributed by atoms with van der Waals surface area (Å²) in [5, 5.41) is 8.77. The van der Waals surface area contributed by atoms with E-state index >= 15 is 0 Å². The van der Waals surface area contributed by atoms with Crippen molar-refractivity contribution in [2.24, 2.45) is 0 Å². The number of nitriles is 1. The van der Waals surface area contributed by atoms with Gasteiger partial charge in [-0.15, -0.1) is 11.6 Å². The molecule has 0 N–H and O–H groups in total. The highest BCUT2D eigenvalue weighted by atomic mass is 35.5. The third-order valence-corrected chi connectivity index (χ3v) is 1.97. The molecule has 1 aromatic heterocycles. The van der Waals surface area contributed by atoms with Crippen LogP contribution in [-0.4, -0.2) is 18.0 Å². The number of rotatable bonds is 3. The fourth-order valence-electron chi connectivity index (χ4n) is 1.01. The largest absolute Gasteiger partial charge is 0.495 e. The minimum Gasteiger partial charge on any atom is -0.495 e. The zero-order valence-electron chi connectivity index (χ0n) is 7.20. The van der Waals surface area contributed by atoms with Crippen molar-refractivity contribution >= 4 is 11.6 Å². The van der Waals surface area contributed by atoms with Gasteiger partial charge in [0.1, 0.15) is 17.4 Å². The summed E-state index contributed by atoms with van der Waals surface area (Å²) in [6.07, 6.45) is 1.62. The van der Waals surface area contributed by atoms with Crippen molar-refractivity contribution in [1.82, 2.24) is 4.98 Å². The predicted molar refractivity (Wildman–Crippen MR) is 49.9 cm³/mol. The van der Waals surface area contributed by atoms with E-state index in [1.165, 1.54) is 0 Å². The molecule has 0 spiro atoms. The molecule has 0 aromatic carbocycles. The van der Waals surface area contributed by atoms with E-state index in [1.807, 2.05) is 0 Å². The highest BCUT2D eigenvalue weighted by Crippen LogP contribution is 2.24. The summed E-state index contributed by atoms with van der Waals surface area (Å²) in [7, 11) is 1.54. The SMILES string of the molecule is COc1cccnc1C(C#N)CCl. The lowest BCUT2D eigenvalue weighted by Crippen LogP contribution is -2.02. The third kappa shape index (κ3) is 2.10. The van der Waals surface area contributed by atoms with E-state index in [4.69, 9.17) is 21.6 Å². The summed E-state index contributed by atoms with van der Waals surface area (Å²) in [5.74, 6) is 0.427. The van der Waals surface area contributed by atoms with Crippen LogP contribution in [0.15, 0.2) is 18.3 Å². The fraction of sp³-hybridized carbons (Fsp3) is 0.333. The molecule has 0 aliphatic rings. The Labute approximate surface area is 81.9 Å². The van der Waals surface area contributed by atoms with Gasteiger partial charge < -0.3 is 4.74 Å². The van der Waals surface area contributed by atoms with Crippen LogP contribution < -0.4 is 4.74 Å². The van der Waals surface area contributed by atoms with Gasteiger partial charge >= 0.3 is 0 Å². The summed E-state index contributed by atoms with van der Waals surface area (Å²) < 4.78 is 5.06. The van der Waals surface area contributed by atoms with Crippen molar-refractivity contribution in [3.05, 3.63) is 24.0 Å². The quantitative estimate of drug-likeness (QED) is 0.694. The lowest BCUT2D eigenvalue weighted by molar-refractivity contribution is 0.406. The van der Waals surface area contributed by atoms with Crippen LogP contribution >= 0.6 is 11.6 Å². The van der Waals surface area contributed by atoms with Gasteiger partial charge in [-0.3, -0.25) is 4.98 Å². The molecule has 1 rings (SSSR count). The number of aromatic nitrogens is 1. The van der Waals surface area contributed by atoms with Gasteiger partial charge in [0.05, 0.1) is 13.2 Å². The van der Waals surface area contributed by atoms with Crippen molar-refractivity contribution in [1.29, 1.82) is 5.26 Å². The topological polar surface area (TPSA) is 45.9 Å². The summed E-state index contributed by atoms with van der Waals surface area (Å²) in [5.41, 5.74) is 0.600. The molecular weight excluding hydrogens is 188 g/mol. The molecule has 4 heteroatoms. The molecule has 1 heterocycles. The molecule has 0 amide bonds. The Balaban J connectivity index is 3.05. The van der Waals surface area contributed by atoms with E-state index in [9.17, 15) is 0 Å². The molecule has 0 aliphatic carbocycles. The number of methoxy groups -OCH3 is 1. The van der Waals surface area contributed by atoms with Crippen molar-refractivity contribution in [3.63, 3.8) is 0 Å². The van der Waals surface area contributed by atoms with E-state index in [2.05, 4.69) is 11.1 Å². The summed E-state index contributed by atoms with van der Waals surface area (Å²) in [6, 6.07) is 5.59. The lowest BCUT2D eigenvalue weighted by Gasteiger charge is -2.08. The summed E-state index contributed by atoms with van der Waals surface area (Å²) >= 11 is 5.61. The van der Waals surface area contributed by atoms with Crippen molar-refractivity contribution in [3.8, 4) is 11.8 Å². The standard InChI is InChI=1S/C9H9ClN2O/c1-13-8-3-2-4-12-9(8)7(5-10)6-11/h2-4,7H,5H2,1H3. The van der Waals surface area contributed by atoms with E-state index in [1.54, 1.807) is 25.4 Å². The first-order valence-corrected chi connectivity index (χ1v) is 4.31. The van der Waals surface area contributed by atoms with Crippen molar-refractivity contribution in [2.45, 2.75) is 5.92 Å². The van der Waals surface area contributed by atoms with Gasteiger partial charge in [0, 0.05) is 12.1 Å². The van der Waals surface area contributed by atoms with Gasteiger partial charge in [-0.05, 0) is 12.1 Å². The molecule has 13 heavy (non-hydrogen) atoms. The minimum atomic E-state index is -0.405. The maximum Gasteiger partial charge on any atom is 0.141 e. The molecule has 1 atom stereocenters. The van der Waals surface area contributed by atoms with Gasteiger partial charge in [0.15, 0.2) is 0 Å². The number of nitrogens with zero attached hydrogens (tertiary/aromatic N) is 2. The number of alkyl halides is 1. The molecule has 0 fully saturated rings. The van der Waals surface area contributed by atoms with Crippen LogP contribution in [0.4, 0.5) is 0 Å².